The molecule has 0 amide bonds. The minimum atomic E-state index is -1.43. The van der Waals surface area contributed by atoms with Crippen molar-refractivity contribution in [3.05, 3.63) is 121 Å². The highest BCUT2D eigenvalue weighted by molar-refractivity contribution is 7.00. The zero-order chi connectivity index (χ0) is 31.5. The van der Waals surface area contributed by atoms with Crippen molar-refractivity contribution in [2.24, 2.45) is 17.8 Å². The average molecular weight is 627 g/mol. The monoisotopic (exact) mass is 626 g/mol. The van der Waals surface area contributed by atoms with Crippen LogP contribution < -0.4 is 31.4 Å². The van der Waals surface area contributed by atoms with Crippen molar-refractivity contribution < 1.29 is 0 Å². The lowest BCUT2D eigenvalue weighted by Crippen LogP contribution is -2.61. The van der Waals surface area contributed by atoms with Crippen molar-refractivity contribution in [3.8, 4) is 0 Å². The lowest BCUT2D eigenvalue weighted by atomic mass is 9.33. The molecule has 0 aromatic heterocycles. The molecule has 0 saturated heterocycles. The second-order valence-electron chi connectivity index (χ2n) is 16.5. The summed E-state index contributed by atoms with van der Waals surface area (Å²) < 4.78 is 0. The second-order valence-corrected chi connectivity index (χ2v) is 21.6. The average Bonchev–Trinajstić information content (AvgIpc) is 3.07. The van der Waals surface area contributed by atoms with Gasteiger partial charge in [-0.05, 0) is 132 Å². The number of fused-ring (bicyclic) bond motifs is 4. The molecule has 11 rings (SSSR count). The van der Waals surface area contributed by atoms with E-state index in [4.69, 9.17) is 0 Å². The Labute approximate surface area is 281 Å². The van der Waals surface area contributed by atoms with Crippen LogP contribution in [0.2, 0.25) is 19.6 Å². The predicted octanol–water partition coefficient (Wildman–Crippen LogP) is 8.78. The normalized spacial score (nSPS) is 25.0. The van der Waals surface area contributed by atoms with E-state index in [9.17, 15) is 0 Å². The first-order valence-corrected chi connectivity index (χ1v) is 21.5. The fourth-order valence-corrected chi connectivity index (χ4v) is 12.1. The van der Waals surface area contributed by atoms with E-state index in [2.05, 4.69) is 145 Å². The first kappa shape index (κ1) is 28.0. The summed E-state index contributed by atoms with van der Waals surface area (Å²) in [5.74, 6) is 2.70. The Morgan fingerprint density at radius 3 is 1.53 bits per heavy atom. The molecule has 47 heavy (non-hydrogen) atoms. The number of para-hydroxylation sites is 3. The van der Waals surface area contributed by atoms with Crippen molar-refractivity contribution in [3.63, 3.8) is 0 Å². The third-order valence-corrected chi connectivity index (χ3v) is 14.6. The van der Waals surface area contributed by atoms with Crippen LogP contribution in [0.1, 0.15) is 44.1 Å². The Hall–Kier alpha value is -4.02. The van der Waals surface area contributed by atoms with Crippen LogP contribution in [0.4, 0.5) is 34.1 Å². The zero-order valence-corrected chi connectivity index (χ0v) is 28.9. The third-order valence-electron chi connectivity index (χ3n) is 12.5. The van der Waals surface area contributed by atoms with Crippen LogP contribution >= 0.6 is 0 Å². The first-order valence-electron chi connectivity index (χ1n) is 18.0. The Kier molecular flexibility index (Phi) is 5.96. The van der Waals surface area contributed by atoms with E-state index in [0.29, 0.717) is 5.41 Å². The fourth-order valence-electron chi connectivity index (χ4n) is 10.9. The van der Waals surface area contributed by atoms with E-state index in [1.54, 1.807) is 5.56 Å². The van der Waals surface area contributed by atoms with E-state index >= 15 is 0 Å². The van der Waals surface area contributed by atoms with Gasteiger partial charge in [0.2, 0.25) is 0 Å². The van der Waals surface area contributed by atoms with Gasteiger partial charge in [-0.15, -0.1) is 0 Å². The van der Waals surface area contributed by atoms with Crippen LogP contribution in [0, 0.1) is 17.8 Å². The maximum absolute atomic E-state index is 2.68. The van der Waals surface area contributed by atoms with Gasteiger partial charge in [-0.2, -0.15) is 0 Å². The molecule has 0 atom stereocenters. The summed E-state index contributed by atoms with van der Waals surface area (Å²) in [7, 11) is -1.43. The highest BCUT2D eigenvalue weighted by atomic mass is 28.3. The van der Waals surface area contributed by atoms with Gasteiger partial charge in [-0.3, -0.25) is 0 Å². The van der Waals surface area contributed by atoms with E-state index in [1.807, 2.05) is 0 Å². The summed E-state index contributed by atoms with van der Waals surface area (Å²) in [5.41, 5.74) is 14.0. The molecule has 4 bridgehead atoms. The van der Waals surface area contributed by atoms with Gasteiger partial charge in [0.25, 0.3) is 6.71 Å². The SMILES string of the molecule is C[Si](C)(C)c1ccc(N2c3ccccc3B3c4ccccc4N(c4ccccc4)c4cc(C56CC7CC(CC(C7)C5)C6)cc2c43)cc1. The van der Waals surface area contributed by atoms with Crippen molar-refractivity contribution in [2.45, 2.75) is 63.6 Å². The van der Waals surface area contributed by atoms with Crippen LogP contribution in [0.3, 0.4) is 0 Å². The molecule has 5 aromatic rings. The van der Waals surface area contributed by atoms with Gasteiger partial charge in [0, 0.05) is 34.1 Å². The van der Waals surface area contributed by atoms with Crippen LogP contribution in [-0.4, -0.2) is 14.8 Å². The van der Waals surface area contributed by atoms with Gasteiger partial charge < -0.3 is 9.80 Å². The highest BCUT2D eigenvalue weighted by Crippen LogP contribution is 2.61. The van der Waals surface area contributed by atoms with Gasteiger partial charge in [0.15, 0.2) is 0 Å². The molecule has 0 spiro atoms. The van der Waals surface area contributed by atoms with Crippen molar-refractivity contribution >= 4 is 70.5 Å². The zero-order valence-electron chi connectivity index (χ0n) is 27.9. The van der Waals surface area contributed by atoms with Gasteiger partial charge in [-0.25, -0.2) is 0 Å². The maximum atomic E-state index is 2.68. The molecule has 5 aromatic carbocycles. The highest BCUT2D eigenvalue weighted by Gasteiger charge is 2.53. The van der Waals surface area contributed by atoms with Crippen molar-refractivity contribution in [1.29, 1.82) is 0 Å². The summed E-state index contributed by atoms with van der Waals surface area (Å²) in [4.78, 5) is 5.22. The largest absolute Gasteiger partial charge is 0.311 e. The molecular formula is C43H43BN2Si. The second kappa shape index (κ2) is 10.00. The smallest absolute Gasteiger partial charge is 0.252 e. The lowest BCUT2D eigenvalue weighted by Gasteiger charge is -2.57. The van der Waals surface area contributed by atoms with E-state index in [1.165, 1.54) is 94.2 Å². The van der Waals surface area contributed by atoms with E-state index < -0.39 is 8.07 Å². The van der Waals surface area contributed by atoms with Gasteiger partial charge in [0.1, 0.15) is 0 Å². The van der Waals surface area contributed by atoms with Crippen LogP contribution in [0.15, 0.2) is 115 Å². The Balaban J connectivity index is 1.27. The standard InChI is InChI=1S/C43H43BN2Si/c1-47(2,3)35-19-17-34(18-20-35)46-39-16-10-8-14-37(39)44-36-13-7-9-15-38(36)45(33-11-5-4-6-12-33)40-24-32(25-41(46)42(40)44)43-26-29-21-30(27-43)23-31(22-29)28-43/h4-20,24-25,29-31H,21-23,26-28H2,1-3H3. The fraction of sp³-hybridized carbons (Fsp3) is 0.302. The van der Waals surface area contributed by atoms with Gasteiger partial charge in [0.05, 0.1) is 8.07 Å². The molecule has 232 valence electrons. The van der Waals surface area contributed by atoms with E-state index in [-0.39, 0.29) is 6.71 Å². The van der Waals surface area contributed by atoms with Crippen molar-refractivity contribution in [2.75, 3.05) is 9.80 Å². The number of nitrogens with zero attached hydrogens (tertiary/aromatic N) is 2. The summed E-state index contributed by atoms with van der Waals surface area (Å²) in [5, 5.41) is 1.51. The Morgan fingerprint density at radius 1 is 0.553 bits per heavy atom. The summed E-state index contributed by atoms with van der Waals surface area (Å²) >= 11 is 0. The molecule has 2 nitrogen and oxygen atoms in total. The van der Waals surface area contributed by atoms with Crippen molar-refractivity contribution in [1.82, 2.24) is 0 Å². The Morgan fingerprint density at radius 2 is 1.02 bits per heavy atom. The summed E-state index contributed by atoms with van der Waals surface area (Å²) in [6.45, 7) is 7.53. The minimum Gasteiger partial charge on any atom is -0.311 e. The number of benzene rings is 5. The molecule has 6 aliphatic rings. The maximum Gasteiger partial charge on any atom is 0.252 e. The molecule has 4 aliphatic carbocycles. The molecule has 2 aliphatic heterocycles. The molecule has 2 heterocycles. The number of anilines is 6. The van der Waals surface area contributed by atoms with Gasteiger partial charge in [-0.1, -0.05) is 91.6 Å². The third kappa shape index (κ3) is 4.16. The summed E-state index contributed by atoms with van der Waals surface area (Å²) in [6, 6.07) is 44.5. The van der Waals surface area contributed by atoms with Crippen LogP contribution in [0.25, 0.3) is 0 Å². The lowest BCUT2D eigenvalue weighted by molar-refractivity contribution is -0.00514. The number of rotatable bonds is 4. The molecule has 0 radical (unpaired) electrons. The van der Waals surface area contributed by atoms with Crippen LogP contribution in [0.5, 0.6) is 0 Å². The van der Waals surface area contributed by atoms with Crippen LogP contribution in [-0.2, 0) is 5.41 Å². The first-order chi connectivity index (χ1) is 22.9. The molecular weight excluding hydrogens is 583 g/mol. The molecule has 4 heteroatoms. The molecule has 4 fully saturated rings. The number of hydrogen-bond donors (Lipinski definition) is 0. The van der Waals surface area contributed by atoms with E-state index in [0.717, 1.165) is 17.8 Å². The molecule has 4 saturated carbocycles. The predicted molar refractivity (Wildman–Crippen MR) is 203 cm³/mol. The van der Waals surface area contributed by atoms with Gasteiger partial charge >= 0.3 is 0 Å². The minimum absolute atomic E-state index is 0.190. The quantitative estimate of drug-likeness (QED) is 0.180. The topological polar surface area (TPSA) is 6.48 Å². The summed E-state index contributed by atoms with van der Waals surface area (Å²) in [6.07, 6.45) is 8.49. The molecule has 0 unspecified atom stereocenters. The Bertz CT molecular complexity index is 1990. The molecule has 0 N–H and O–H groups in total. The number of hydrogen-bond acceptors (Lipinski definition) is 2.